The van der Waals surface area contributed by atoms with E-state index in [-0.39, 0.29) is 0 Å². The van der Waals surface area contributed by atoms with Gasteiger partial charge in [0.05, 0.1) is 17.6 Å². The molecule has 0 atom stereocenters. The van der Waals surface area contributed by atoms with Gasteiger partial charge in [-0.15, -0.1) is 0 Å². The van der Waals surface area contributed by atoms with E-state index in [1.165, 1.54) is 51.6 Å². The minimum absolute atomic E-state index is 0.627. The summed E-state index contributed by atoms with van der Waals surface area (Å²) < 4.78 is 0. The standard InChI is InChI=1S/C22H31N5/c1-17-14-19(8-11-23-17)26-21-7-6-20(25-16-21)15-24-18-9-12-27(13-10-18)22-4-2-3-5-22/h6-8,11,14,16,18,22,24H,2-5,9-10,12-13,15H2,1H3,(H,23,26). The normalized spacial score (nSPS) is 19.4. The van der Waals surface area contributed by atoms with Gasteiger partial charge in [-0.2, -0.15) is 0 Å². The fourth-order valence-corrected chi connectivity index (χ4v) is 4.38. The molecule has 0 aromatic carbocycles. The highest BCUT2D eigenvalue weighted by atomic mass is 15.2. The van der Waals surface area contributed by atoms with E-state index in [2.05, 4.69) is 37.6 Å². The number of rotatable bonds is 6. The fourth-order valence-electron chi connectivity index (χ4n) is 4.38. The maximum absolute atomic E-state index is 4.61. The second-order valence-corrected chi connectivity index (χ2v) is 7.98. The van der Waals surface area contributed by atoms with Gasteiger partial charge in [-0.1, -0.05) is 12.8 Å². The monoisotopic (exact) mass is 365 g/mol. The molecule has 2 fully saturated rings. The molecule has 1 saturated carbocycles. The van der Waals surface area contributed by atoms with Crippen LogP contribution in [0, 0.1) is 6.92 Å². The van der Waals surface area contributed by atoms with E-state index >= 15 is 0 Å². The molecule has 144 valence electrons. The maximum Gasteiger partial charge on any atom is 0.0570 e. The van der Waals surface area contributed by atoms with Crippen molar-refractivity contribution in [2.75, 3.05) is 18.4 Å². The summed E-state index contributed by atoms with van der Waals surface area (Å²) in [4.78, 5) is 11.6. The van der Waals surface area contributed by atoms with Crippen molar-refractivity contribution in [3.8, 4) is 0 Å². The van der Waals surface area contributed by atoms with Crippen molar-refractivity contribution in [2.24, 2.45) is 0 Å². The van der Waals surface area contributed by atoms with Gasteiger partial charge in [0.25, 0.3) is 0 Å². The van der Waals surface area contributed by atoms with Crippen molar-refractivity contribution in [3.63, 3.8) is 0 Å². The Labute approximate surface area is 162 Å². The third-order valence-electron chi connectivity index (χ3n) is 5.95. The van der Waals surface area contributed by atoms with Gasteiger partial charge >= 0.3 is 0 Å². The average Bonchev–Trinajstić information content (AvgIpc) is 3.23. The molecule has 27 heavy (non-hydrogen) atoms. The molecular formula is C22H31N5. The van der Waals surface area contributed by atoms with E-state index in [1.54, 1.807) is 0 Å². The second kappa shape index (κ2) is 8.81. The lowest BCUT2D eigenvalue weighted by Crippen LogP contribution is -2.45. The van der Waals surface area contributed by atoms with Gasteiger partial charge in [-0.25, -0.2) is 0 Å². The maximum atomic E-state index is 4.61. The summed E-state index contributed by atoms with van der Waals surface area (Å²) in [5.41, 5.74) is 4.16. The molecule has 2 aromatic rings. The number of hydrogen-bond donors (Lipinski definition) is 2. The van der Waals surface area contributed by atoms with Crippen molar-refractivity contribution in [3.05, 3.63) is 48.0 Å². The molecule has 1 aliphatic carbocycles. The molecule has 5 nitrogen and oxygen atoms in total. The van der Waals surface area contributed by atoms with Crippen LogP contribution in [0.1, 0.15) is 49.9 Å². The SMILES string of the molecule is Cc1cc(Nc2ccc(CNC3CCN(C4CCCC4)CC3)nc2)ccn1. The number of piperidine rings is 1. The zero-order valence-electron chi connectivity index (χ0n) is 16.3. The van der Waals surface area contributed by atoms with Crippen molar-refractivity contribution in [2.45, 2.75) is 64.1 Å². The van der Waals surface area contributed by atoms with E-state index in [1.807, 2.05) is 31.5 Å². The van der Waals surface area contributed by atoms with Crippen LogP contribution in [0.5, 0.6) is 0 Å². The predicted molar refractivity (Wildman–Crippen MR) is 110 cm³/mol. The van der Waals surface area contributed by atoms with Crippen LogP contribution in [0.2, 0.25) is 0 Å². The molecule has 4 rings (SSSR count). The first-order valence-corrected chi connectivity index (χ1v) is 10.4. The van der Waals surface area contributed by atoms with E-state index in [0.717, 1.165) is 35.3 Å². The molecule has 2 aliphatic rings. The predicted octanol–water partition coefficient (Wildman–Crippen LogP) is 4.03. The summed E-state index contributed by atoms with van der Waals surface area (Å²) in [6.07, 6.45) is 12.0. The van der Waals surface area contributed by atoms with Gasteiger partial charge in [0, 0.05) is 36.2 Å². The molecule has 2 N–H and O–H groups in total. The van der Waals surface area contributed by atoms with Gasteiger partial charge in [0.15, 0.2) is 0 Å². The third kappa shape index (κ3) is 5.05. The highest BCUT2D eigenvalue weighted by Gasteiger charge is 2.26. The molecule has 0 spiro atoms. The Morgan fingerprint density at radius 2 is 1.81 bits per heavy atom. The number of aryl methyl sites for hydroxylation is 1. The van der Waals surface area contributed by atoms with Crippen LogP contribution in [0.25, 0.3) is 0 Å². The van der Waals surface area contributed by atoms with Gasteiger partial charge in [0.2, 0.25) is 0 Å². The summed E-state index contributed by atoms with van der Waals surface area (Å²) in [6, 6.07) is 9.71. The zero-order chi connectivity index (χ0) is 18.5. The molecule has 0 amide bonds. The largest absolute Gasteiger partial charge is 0.354 e. The van der Waals surface area contributed by atoms with Crippen LogP contribution in [0.3, 0.4) is 0 Å². The van der Waals surface area contributed by atoms with Crippen molar-refractivity contribution >= 4 is 11.4 Å². The number of aromatic nitrogens is 2. The van der Waals surface area contributed by atoms with Crippen LogP contribution >= 0.6 is 0 Å². The van der Waals surface area contributed by atoms with Crippen molar-refractivity contribution in [1.82, 2.24) is 20.2 Å². The lowest BCUT2D eigenvalue weighted by Gasteiger charge is -2.36. The highest BCUT2D eigenvalue weighted by Crippen LogP contribution is 2.26. The Morgan fingerprint density at radius 1 is 1.00 bits per heavy atom. The molecule has 3 heterocycles. The van der Waals surface area contributed by atoms with E-state index in [0.29, 0.717) is 6.04 Å². The molecular weight excluding hydrogens is 334 g/mol. The van der Waals surface area contributed by atoms with Crippen LogP contribution in [0.15, 0.2) is 36.7 Å². The first kappa shape index (κ1) is 18.4. The summed E-state index contributed by atoms with van der Waals surface area (Å²) in [6.45, 7) is 5.35. The smallest absolute Gasteiger partial charge is 0.0570 e. The summed E-state index contributed by atoms with van der Waals surface area (Å²) in [7, 11) is 0. The summed E-state index contributed by atoms with van der Waals surface area (Å²) in [5, 5.41) is 7.09. The first-order chi connectivity index (χ1) is 13.3. The van der Waals surface area contributed by atoms with E-state index < -0.39 is 0 Å². The number of nitrogens with zero attached hydrogens (tertiary/aromatic N) is 3. The number of hydrogen-bond acceptors (Lipinski definition) is 5. The first-order valence-electron chi connectivity index (χ1n) is 10.4. The molecule has 1 saturated heterocycles. The molecule has 0 unspecified atom stereocenters. The summed E-state index contributed by atoms with van der Waals surface area (Å²) in [5.74, 6) is 0. The third-order valence-corrected chi connectivity index (χ3v) is 5.95. The Hall–Kier alpha value is -1.98. The molecule has 2 aromatic heterocycles. The lowest BCUT2D eigenvalue weighted by atomic mass is 10.0. The number of pyridine rings is 2. The lowest BCUT2D eigenvalue weighted by molar-refractivity contribution is 0.144. The van der Waals surface area contributed by atoms with Gasteiger partial charge in [-0.3, -0.25) is 9.97 Å². The van der Waals surface area contributed by atoms with Crippen LogP contribution in [-0.4, -0.2) is 40.0 Å². The number of anilines is 2. The Bertz CT molecular complexity index is 716. The van der Waals surface area contributed by atoms with Crippen LogP contribution < -0.4 is 10.6 Å². The quantitative estimate of drug-likeness (QED) is 0.810. The Morgan fingerprint density at radius 3 is 2.52 bits per heavy atom. The second-order valence-electron chi connectivity index (χ2n) is 7.98. The number of likely N-dealkylation sites (tertiary alicyclic amines) is 1. The van der Waals surface area contributed by atoms with Crippen molar-refractivity contribution < 1.29 is 0 Å². The molecule has 5 heteroatoms. The van der Waals surface area contributed by atoms with Gasteiger partial charge in [0.1, 0.15) is 0 Å². The number of nitrogens with one attached hydrogen (secondary N) is 2. The van der Waals surface area contributed by atoms with Crippen molar-refractivity contribution in [1.29, 1.82) is 0 Å². The minimum atomic E-state index is 0.627. The molecule has 0 bridgehead atoms. The Balaban J connectivity index is 1.22. The Kier molecular flexibility index (Phi) is 6.00. The molecule has 1 aliphatic heterocycles. The van der Waals surface area contributed by atoms with Crippen LogP contribution in [-0.2, 0) is 6.54 Å². The minimum Gasteiger partial charge on any atom is -0.354 e. The zero-order valence-corrected chi connectivity index (χ0v) is 16.3. The average molecular weight is 366 g/mol. The topological polar surface area (TPSA) is 53.1 Å². The summed E-state index contributed by atoms with van der Waals surface area (Å²) >= 11 is 0. The van der Waals surface area contributed by atoms with E-state index in [4.69, 9.17) is 0 Å². The van der Waals surface area contributed by atoms with Gasteiger partial charge in [-0.05, 0) is 70.0 Å². The van der Waals surface area contributed by atoms with Gasteiger partial charge < -0.3 is 15.5 Å². The molecule has 0 radical (unpaired) electrons. The van der Waals surface area contributed by atoms with Crippen LogP contribution in [0.4, 0.5) is 11.4 Å². The fraction of sp³-hybridized carbons (Fsp3) is 0.545. The van der Waals surface area contributed by atoms with E-state index in [9.17, 15) is 0 Å². The highest BCUT2D eigenvalue weighted by molar-refractivity contribution is 5.58.